The molecule has 0 saturated heterocycles. The highest BCUT2D eigenvalue weighted by atomic mass is 16.1. The van der Waals surface area contributed by atoms with Gasteiger partial charge in [-0.05, 0) is 24.5 Å². The fourth-order valence-electron chi connectivity index (χ4n) is 2.53. The summed E-state index contributed by atoms with van der Waals surface area (Å²) in [6, 6.07) is 9.96. The first-order valence-electron chi connectivity index (χ1n) is 5.78. The number of aldehydes is 1. The van der Waals surface area contributed by atoms with Gasteiger partial charge in [0, 0.05) is 5.56 Å². The summed E-state index contributed by atoms with van der Waals surface area (Å²) < 4.78 is 0. The van der Waals surface area contributed by atoms with E-state index in [1.165, 1.54) is 6.42 Å². The maximum Gasteiger partial charge on any atom is 0.150 e. The van der Waals surface area contributed by atoms with Crippen molar-refractivity contribution in [1.29, 1.82) is 5.26 Å². The lowest BCUT2D eigenvalue weighted by Gasteiger charge is -2.31. The molecule has 0 amide bonds. The molecule has 0 N–H and O–H groups in total. The van der Waals surface area contributed by atoms with Gasteiger partial charge in [0.1, 0.15) is 6.29 Å². The van der Waals surface area contributed by atoms with Crippen LogP contribution in [0, 0.1) is 11.3 Å². The van der Waals surface area contributed by atoms with Crippen LogP contribution in [-0.2, 0) is 5.41 Å². The van der Waals surface area contributed by atoms with E-state index < -0.39 is 0 Å². The summed E-state index contributed by atoms with van der Waals surface area (Å²) in [6.45, 7) is 0. The van der Waals surface area contributed by atoms with Crippen molar-refractivity contribution < 1.29 is 4.79 Å². The summed E-state index contributed by atoms with van der Waals surface area (Å²) in [7, 11) is 0. The van der Waals surface area contributed by atoms with E-state index in [1.807, 2.05) is 18.2 Å². The fraction of sp³-hybridized carbons (Fsp3) is 0.429. The lowest BCUT2D eigenvalue weighted by molar-refractivity contribution is 0.112. The second-order valence-corrected chi connectivity index (χ2v) is 4.50. The Morgan fingerprint density at radius 2 is 2.00 bits per heavy atom. The molecule has 2 rings (SSSR count). The van der Waals surface area contributed by atoms with Crippen LogP contribution in [0.2, 0.25) is 0 Å². The topological polar surface area (TPSA) is 40.9 Å². The van der Waals surface area contributed by atoms with Crippen LogP contribution in [-0.4, -0.2) is 6.29 Å². The van der Waals surface area contributed by atoms with E-state index in [4.69, 9.17) is 0 Å². The summed E-state index contributed by atoms with van der Waals surface area (Å²) >= 11 is 0. The van der Waals surface area contributed by atoms with E-state index in [0.29, 0.717) is 5.56 Å². The molecule has 2 nitrogen and oxygen atoms in total. The predicted octanol–water partition coefficient (Wildman–Crippen LogP) is 3.22. The van der Waals surface area contributed by atoms with Crippen molar-refractivity contribution in [1.82, 2.24) is 0 Å². The molecule has 1 aliphatic carbocycles. The molecule has 1 aromatic rings. The second kappa shape index (κ2) is 4.49. The van der Waals surface area contributed by atoms with E-state index in [0.717, 1.165) is 37.5 Å². The molecule has 0 radical (unpaired) electrons. The van der Waals surface area contributed by atoms with Crippen LogP contribution in [0.1, 0.15) is 48.0 Å². The molecule has 0 heterocycles. The minimum absolute atomic E-state index is 0.350. The van der Waals surface area contributed by atoms with Crippen LogP contribution in [0.25, 0.3) is 0 Å². The molecule has 1 aromatic carbocycles. The smallest absolute Gasteiger partial charge is 0.150 e. The van der Waals surface area contributed by atoms with Crippen molar-refractivity contribution in [3.05, 3.63) is 35.4 Å². The minimum atomic E-state index is -0.350. The van der Waals surface area contributed by atoms with Crippen LogP contribution in [0.5, 0.6) is 0 Å². The number of hydrogen-bond donors (Lipinski definition) is 0. The molecule has 16 heavy (non-hydrogen) atoms. The maximum absolute atomic E-state index is 10.8. The van der Waals surface area contributed by atoms with Crippen LogP contribution in [0.15, 0.2) is 24.3 Å². The molecule has 1 aliphatic rings. The quantitative estimate of drug-likeness (QED) is 0.708. The van der Waals surface area contributed by atoms with Gasteiger partial charge in [0.25, 0.3) is 0 Å². The average molecular weight is 213 g/mol. The highest BCUT2D eigenvalue weighted by Crippen LogP contribution is 2.38. The summed E-state index contributed by atoms with van der Waals surface area (Å²) in [6.07, 6.45) is 6.13. The molecular weight excluding hydrogens is 198 g/mol. The van der Waals surface area contributed by atoms with E-state index in [-0.39, 0.29) is 5.41 Å². The summed E-state index contributed by atoms with van der Waals surface area (Å²) in [4.78, 5) is 10.8. The van der Waals surface area contributed by atoms with Gasteiger partial charge < -0.3 is 0 Å². The zero-order valence-electron chi connectivity index (χ0n) is 9.28. The first kappa shape index (κ1) is 10.9. The molecule has 0 aliphatic heterocycles. The van der Waals surface area contributed by atoms with Gasteiger partial charge in [-0.1, -0.05) is 37.5 Å². The Bertz CT molecular complexity index is 425. The Hall–Kier alpha value is -1.62. The van der Waals surface area contributed by atoms with Crippen molar-refractivity contribution in [2.75, 3.05) is 0 Å². The standard InChI is InChI=1S/C14H15NO/c15-11-14(7-2-1-3-8-14)13-6-4-5-12(9-13)10-16/h4-6,9-10H,1-3,7-8H2. The van der Waals surface area contributed by atoms with Crippen LogP contribution in [0.3, 0.4) is 0 Å². The Kier molecular flexibility index (Phi) is 3.05. The van der Waals surface area contributed by atoms with Crippen molar-refractivity contribution in [2.24, 2.45) is 0 Å². The Labute approximate surface area is 95.9 Å². The number of benzene rings is 1. The fourth-order valence-corrected chi connectivity index (χ4v) is 2.53. The van der Waals surface area contributed by atoms with Crippen LogP contribution >= 0.6 is 0 Å². The van der Waals surface area contributed by atoms with Crippen molar-refractivity contribution >= 4 is 6.29 Å². The number of rotatable bonds is 2. The van der Waals surface area contributed by atoms with Crippen molar-refractivity contribution in [3.8, 4) is 6.07 Å². The number of carbonyl (C=O) groups is 1. The minimum Gasteiger partial charge on any atom is -0.298 e. The van der Waals surface area contributed by atoms with Crippen LogP contribution < -0.4 is 0 Å². The molecule has 0 bridgehead atoms. The van der Waals surface area contributed by atoms with E-state index >= 15 is 0 Å². The largest absolute Gasteiger partial charge is 0.298 e. The third-order valence-corrected chi connectivity index (χ3v) is 3.50. The van der Waals surface area contributed by atoms with Gasteiger partial charge in [-0.25, -0.2) is 0 Å². The van der Waals surface area contributed by atoms with Gasteiger partial charge in [0.15, 0.2) is 0 Å². The molecule has 1 saturated carbocycles. The molecule has 0 unspecified atom stereocenters. The third kappa shape index (κ3) is 1.86. The van der Waals surface area contributed by atoms with Gasteiger partial charge in [-0.3, -0.25) is 4.79 Å². The number of carbonyl (C=O) groups excluding carboxylic acids is 1. The molecule has 0 atom stereocenters. The zero-order chi connectivity index (χ0) is 11.4. The van der Waals surface area contributed by atoms with Gasteiger partial charge in [0.05, 0.1) is 11.5 Å². The average Bonchev–Trinajstić information content (AvgIpc) is 2.39. The van der Waals surface area contributed by atoms with Crippen molar-refractivity contribution in [2.45, 2.75) is 37.5 Å². The first-order valence-corrected chi connectivity index (χ1v) is 5.78. The highest BCUT2D eigenvalue weighted by molar-refractivity contribution is 5.75. The molecular formula is C14H15NO. The first-order chi connectivity index (χ1) is 7.80. The van der Waals surface area contributed by atoms with E-state index in [9.17, 15) is 10.1 Å². The number of hydrogen-bond acceptors (Lipinski definition) is 2. The monoisotopic (exact) mass is 213 g/mol. The summed E-state index contributed by atoms with van der Waals surface area (Å²) in [5.74, 6) is 0. The SMILES string of the molecule is N#CC1(c2cccc(C=O)c2)CCCCC1. The number of nitriles is 1. The highest BCUT2D eigenvalue weighted by Gasteiger charge is 2.33. The van der Waals surface area contributed by atoms with Gasteiger partial charge in [-0.2, -0.15) is 5.26 Å². The zero-order valence-corrected chi connectivity index (χ0v) is 9.28. The maximum atomic E-state index is 10.8. The van der Waals surface area contributed by atoms with Crippen LogP contribution in [0.4, 0.5) is 0 Å². The molecule has 0 aromatic heterocycles. The normalized spacial score (nSPS) is 18.7. The molecule has 0 spiro atoms. The Morgan fingerprint density at radius 3 is 2.62 bits per heavy atom. The second-order valence-electron chi connectivity index (χ2n) is 4.50. The third-order valence-electron chi connectivity index (χ3n) is 3.50. The Morgan fingerprint density at radius 1 is 1.25 bits per heavy atom. The lowest BCUT2D eigenvalue weighted by Crippen LogP contribution is -2.27. The van der Waals surface area contributed by atoms with Crippen molar-refractivity contribution in [3.63, 3.8) is 0 Å². The lowest BCUT2D eigenvalue weighted by atomic mass is 9.70. The molecule has 82 valence electrons. The summed E-state index contributed by atoms with van der Waals surface area (Å²) in [5, 5.41) is 9.42. The van der Waals surface area contributed by atoms with E-state index in [1.54, 1.807) is 6.07 Å². The van der Waals surface area contributed by atoms with Gasteiger partial charge >= 0.3 is 0 Å². The number of nitrogens with zero attached hydrogens (tertiary/aromatic N) is 1. The van der Waals surface area contributed by atoms with Gasteiger partial charge in [-0.15, -0.1) is 0 Å². The van der Waals surface area contributed by atoms with E-state index in [2.05, 4.69) is 6.07 Å². The Balaban J connectivity index is 2.39. The predicted molar refractivity (Wildman–Crippen MR) is 62.2 cm³/mol. The molecule has 1 fully saturated rings. The summed E-state index contributed by atoms with van der Waals surface area (Å²) in [5.41, 5.74) is 1.33. The van der Waals surface area contributed by atoms with Gasteiger partial charge in [0.2, 0.25) is 0 Å². The molecule has 2 heteroatoms.